The molecule has 1 fully saturated rings. The van der Waals surface area contributed by atoms with Gasteiger partial charge in [-0.2, -0.15) is 0 Å². The van der Waals surface area contributed by atoms with Gasteiger partial charge < -0.3 is 16.0 Å². The number of nitrogens with zero attached hydrogens (tertiary/aromatic N) is 2. The highest BCUT2D eigenvalue weighted by atomic mass is 15.2. The fourth-order valence-corrected chi connectivity index (χ4v) is 3.53. The lowest BCUT2D eigenvalue weighted by atomic mass is 9.73. The molecule has 1 unspecified atom stereocenters. The van der Waals surface area contributed by atoms with Crippen molar-refractivity contribution in [3.63, 3.8) is 0 Å². The van der Waals surface area contributed by atoms with Crippen LogP contribution >= 0.6 is 0 Å². The van der Waals surface area contributed by atoms with Crippen molar-refractivity contribution in [3.8, 4) is 0 Å². The molecule has 0 saturated heterocycles. The third-order valence-electron chi connectivity index (χ3n) is 4.63. The maximum Gasteiger partial charge on any atom is 0.0540 e. The summed E-state index contributed by atoms with van der Waals surface area (Å²) >= 11 is 0. The maximum absolute atomic E-state index is 6.16. The number of hydrogen-bond donors (Lipinski definition) is 2. The van der Waals surface area contributed by atoms with Crippen molar-refractivity contribution in [3.05, 3.63) is 24.0 Å². The highest BCUT2D eigenvalue weighted by Gasteiger charge is 2.42. The Labute approximate surface area is 116 Å². The molecule has 1 heterocycles. The second-order valence-electron chi connectivity index (χ2n) is 5.78. The lowest BCUT2D eigenvalue weighted by Crippen LogP contribution is -2.54. The van der Waals surface area contributed by atoms with Crippen LogP contribution in [0.3, 0.4) is 0 Å². The van der Waals surface area contributed by atoms with Crippen molar-refractivity contribution in [2.45, 2.75) is 43.7 Å². The Balaban J connectivity index is 2.40. The molecule has 0 amide bonds. The topological polar surface area (TPSA) is 54.2 Å². The van der Waals surface area contributed by atoms with Gasteiger partial charge in [0.15, 0.2) is 0 Å². The molecule has 1 aliphatic rings. The van der Waals surface area contributed by atoms with Crippen LogP contribution in [0.25, 0.3) is 0 Å². The van der Waals surface area contributed by atoms with E-state index in [2.05, 4.69) is 29.3 Å². The molecule has 2 rings (SSSR count). The van der Waals surface area contributed by atoms with Crippen LogP contribution in [0.4, 0.5) is 5.69 Å². The summed E-state index contributed by atoms with van der Waals surface area (Å²) in [5.74, 6) is 0. The highest BCUT2D eigenvalue weighted by molar-refractivity contribution is 5.47. The summed E-state index contributed by atoms with van der Waals surface area (Å²) in [4.78, 5) is 6.64. The average Bonchev–Trinajstić information content (AvgIpc) is 2.42. The Hall–Kier alpha value is -1.13. The number of nitrogen functional groups attached to an aromatic ring is 1. The zero-order chi connectivity index (χ0) is 13.9. The van der Waals surface area contributed by atoms with E-state index >= 15 is 0 Å². The van der Waals surface area contributed by atoms with E-state index in [-0.39, 0.29) is 11.6 Å². The Morgan fingerprint density at radius 2 is 2.00 bits per heavy atom. The van der Waals surface area contributed by atoms with Crippen molar-refractivity contribution in [2.24, 2.45) is 0 Å². The van der Waals surface area contributed by atoms with Gasteiger partial charge in [-0.25, -0.2) is 0 Å². The van der Waals surface area contributed by atoms with Gasteiger partial charge in [-0.05, 0) is 40.1 Å². The van der Waals surface area contributed by atoms with E-state index in [1.807, 2.05) is 19.3 Å². The van der Waals surface area contributed by atoms with Gasteiger partial charge >= 0.3 is 0 Å². The molecule has 1 aliphatic carbocycles. The van der Waals surface area contributed by atoms with Crippen LogP contribution in [0, 0.1) is 0 Å². The first-order valence-corrected chi connectivity index (χ1v) is 7.16. The molecule has 106 valence electrons. The molecule has 1 aromatic rings. The molecular weight excluding hydrogens is 236 g/mol. The zero-order valence-electron chi connectivity index (χ0n) is 12.3. The summed E-state index contributed by atoms with van der Waals surface area (Å²) in [5, 5.41) is 3.49. The van der Waals surface area contributed by atoms with E-state index in [0.29, 0.717) is 0 Å². The Kier molecular flexibility index (Phi) is 4.42. The minimum atomic E-state index is 0.143. The molecule has 1 atom stereocenters. The van der Waals surface area contributed by atoms with E-state index in [4.69, 9.17) is 5.73 Å². The van der Waals surface area contributed by atoms with E-state index in [0.717, 1.165) is 11.3 Å². The summed E-state index contributed by atoms with van der Waals surface area (Å²) in [6.45, 7) is 0. The number of rotatable bonds is 4. The summed E-state index contributed by atoms with van der Waals surface area (Å²) in [6, 6.07) is 2.13. The standard InChI is InChI=1S/C15H26N4/c1-17-14(12-11-18-10-7-13(12)16)15(19(2)3)8-5-4-6-9-15/h7,10-11,14,17H,4-6,8-9H2,1-3H3,(H2,16,18). The van der Waals surface area contributed by atoms with E-state index in [1.54, 1.807) is 6.20 Å². The van der Waals surface area contributed by atoms with Gasteiger partial charge in [0, 0.05) is 29.2 Å². The largest absolute Gasteiger partial charge is 0.398 e. The Morgan fingerprint density at radius 1 is 1.32 bits per heavy atom. The van der Waals surface area contributed by atoms with Gasteiger partial charge in [-0.1, -0.05) is 19.3 Å². The van der Waals surface area contributed by atoms with Crippen LogP contribution in [0.5, 0.6) is 0 Å². The van der Waals surface area contributed by atoms with Crippen molar-refractivity contribution in [1.29, 1.82) is 0 Å². The van der Waals surface area contributed by atoms with Gasteiger partial charge in [0.2, 0.25) is 0 Å². The van der Waals surface area contributed by atoms with Gasteiger partial charge in [0.05, 0.1) is 6.04 Å². The van der Waals surface area contributed by atoms with Gasteiger partial charge in [0.25, 0.3) is 0 Å². The zero-order valence-corrected chi connectivity index (χ0v) is 12.3. The summed E-state index contributed by atoms with van der Waals surface area (Å²) in [5.41, 5.74) is 8.27. The molecule has 19 heavy (non-hydrogen) atoms. The first-order chi connectivity index (χ1) is 9.12. The number of hydrogen-bond acceptors (Lipinski definition) is 4. The van der Waals surface area contributed by atoms with Gasteiger partial charge in [-0.15, -0.1) is 0 Å². The molecule has 1 saturated carbocycles. The molecule has 4 nitrogen and oxygen atoms in total. The fourth-order valence-electron chi connectivity index (χ4n) is 3.53. The molecule has 0 bridgehead atoms. The van der Waals surface area contributed by atoms with Crippen LogP contribution in [-0.4, -0.2) is 36.6 Å². The summed E-state index contributed by atoms with van der Waals surface area (Å²) in [6.07, 6.45) is 10.0. The van der Waals surface area contributed by atoms with Crippen LogP contribution in [0.1, 0.15) is 43.7 Å². The second kappa shape index (κ2) is 5.88. The van der Waals surface area contributed by atoms with Gasteiger partial charge in [0.1, 0.15) is 0 Å². The first kappa shape index (κ1) is 14.3. The third-order valence-corrected chi connectivity index (χ3v) is 4.63. The summed E-state index contributed by atoms with van der Waals surface area (Å²) < 4.78 is 0. The van der Waals surface area contributed by atoms with Gasteiger partial charge in [-0.3, -0.25) is 4.98 Å². The SMILES string of the molecule is CNC(c1cnccc1N)C1(N(C)C)CCCCC1. The predicted octanol–water partition coefficient (Wildman–Crippen LogP) is 2.19. The normalized spacial score (nSPS) is 20.4. The molecule has 0 spiro atoms. The van der Waals surface area contributed by atoms with Crippen molar-refractivity contribution in [1.82, 2.24) is 15.2 Å². The molecule has 4 heteroatoms. The van der Waals surface area contributed by atoms with Crippen LogP contribution < -0.4 is 11.1 Å². The molecule has 0 radical (unpaired) electrons. The Morgan fingerprint density at radius 3 is 2.53 bits per heavy atom. The van der Waals surface area contributed by atoms with E-state index in [1.165, 1.54) is 32.1 Å². The molecule has 1 aromatic heterocycles. The van der Waals surface area contributed by atoms with Crippen LogP contribution in [-0.2, 0) is 0 Å². The number of anilines is 1. The number of nitrogens with one attached hydrogen (secondary N) is 1. The third kappa shape index (κ3) is 2.60. The van der Waals surface area contributed by atoms with E-state index in [9.17, 15) is 0 Å². The van der Waals surface area contributed by atoms with E-state index < -0.39 is 0 Å². The second-order valence-corrected chi connectivity index (χ2v) is 5.78. The fraction of sp³-hybridized carbons (Fsp3) is 0.667. The van der Waals surface area contributed by atoms with Crippen molar-refractivity contribution in [2.75, 3.05) is 26.9 Å². The smallest absolute Gasteiger partial charge is 0.0540 e. The molecule has 0 aromatic carbocycles. The molecule has 0 aliphatic heterocycles. The highest BCUT2D eigenvalue weighted by Crippen LogP contribution is 2.42. The number of pyridine rings is 1. The first-order valence-electron chi connectivity index (χ1n) is 7.16. The summed E-state index contributed by atoms with van der Waals surface area (Å²) in [7, 11) is 6.39. The van der Waals surface area contributed by atoms with Crippen molar-refractivity contribution >= 4 is 5.69 Å². The quantitative estimate of drug-likeness (QED) is 0.873. The van der Waals surface area contributed by atoms with Crippen molar-refractivity contribution < 1.29 is 0 Å². The average molecular weight is 262 g/mol. The predicted molar refractivity (Wildman–Crippen MR) is 80.0 cm³/mol. The molecule has 3 N–H and O–H groups in total. The number of likely N-dealkylation sites (N-methyl/N-ethyl adjacent to an activating group) is 2. The lowest BCUT2D eigenvalue weighted by molar-refractivity contribution is 0.0595. The molecular formula is C15H26N4. The Bertz CT molecular complexity index is 410. The number of nitrogens with two attached hydrogens (primary N) is 1. The lowest BCUT2D eigenvalue weighted by Gasteiger charge is -2.48. The van der Waals surface area contributed by atoms with Crippen LogP contribution in [0.15, 0.2) is 18.5 Å². The monoisotopic (exact) mass is 262 g/mol. The maximum atomic E-state index is 6.16. The van der Waals surface area contributed by atoms with Crippen LogP contribution in [0.2, 0.25) is 0 Å². The minimum Gasteiger partial charge on any atom is -0.398 e. The number of aromatic nitrogens is 1. The minimum absolute atomic E-state index is 0.143.